The highest BCUT2D eigenvalue weighted by molar-refractivity contribution is 7.97. The minimum atomic E-state index is -0.138. The van der Waals surface area contributed by atoms with Crippen LogP contribution in [0.25, 0.3) is 11.3 Å². The van der Waals surface area contributed by atoms with E-state index in [-0.39, 0.29) is 5.56 Å². The van der Waals surface area contributed by atoms with Gasteiger partial charge in [0.2, 0.25) is 0 Å². The Balaban J connectivity index is 2.48. The predicted molar refractivity (Wildman–Crippen MR) is 71.9 cm³/mol. The number of nitrogens with one attached hydrogen (secondary N) is 1. The van der Waals surface area contributed by atoms with Crippen LogP contribution in [0.2, 0.25) is 0 Å². The Labute approximate surface area is 103 Å². The quantitative estimate of drug-likeness (QED) is 0.812. The van der Waals surface area contributed by atoms with Crippen LogP contribution in [0.5, 0.6) is 0 Å². The van der Waals surface area contributed by atoms with Crippen molar-refractivity contribution in [2.24, 2.45) is 0 Å². The van der Waals surface area contributed by atoms with Gasteiger partial charge in [-0.05, 0) is 18.4 Å². The molecule has 0 spiro atoms. The van der Waals surface area contributed by atoms with E-state index < -0.39 is 0 Å². The lowest BCUT2D eigenvalue weighted by molar-refractivity contribution is 1.01. The summed E-state index contributed by atoms with van der Waals surface area (Å²) >= 11 is 1.61. The number of H-pyrrole nitrogens is 1. The van der Waals surface area contributed by atoms with Crippen LogP contribution in [0.4, 0.5) is 5.69 Å². The topological polar surface area (TPSA) is 71.8 Å². The lowest BCUT2D eigenvalue weighted by Crippen LogP contribution is -2.10. The lowest BCUT2D eigenvalue weighted by Gasteiger charge is -2.04. The zero-order chi connectivity index (χ0) is 12.3. The molecule has 5 heteroatoms. The third-order valence-corrected chi connectivity index (χ3v) is 2.82. The molecule has 17 heavy (non-hydrogen) atoms. The molecule has 0 aliphatic carbocycles. The van der Waals surface area contributed by atoms with Crippen molar-refractivity contribution in [1.82, 2.24) is 9.97 Å². The molecule has 4 nitrogen and oxygen atoms in total. The number of nitrogens with zero attached hydrogens (tertiary/aromatic N) is 1. The van der Waals surface area contributed by atoms with Gasteiger partial charge in [-0.25, -0.2) is 4.98 Å². The van der Waals surface area contributed by atoms with Crippen LogP contribution in [-0.4, -0.2) is 16.2 Å². The molecule has 0 atom stereocenters. The fourth-order valence-electron chi connectivity index (χ4n) is 1.56. The molecule has 0 aliphatic heterocycles. The molecule has 88 valence electrons. The summed E-state index contributed by atoms with van der Waals surface area (Å²) in [6, 6.07) is 8.84. The van der Waals surface area contributed by atoms with Crippen molar-refractivity contribution < 1.29 is 0 Å². The van der Waals surface area contributed by atoms with E-state index in [0.29, 0.717) is 23.0 Å². The SMILES string of the molecule is CSCc1nc(-c2cccc(N)c2)cc(=O)[nH]1. The van der Waals surface area contributed by atoms with Gasteiger partial charge in [-0.3, -0.25) is 4.79 Å². The Morgan fingerprint density at radius 3 is 2.94 bits per heavy atom. The van der Waals surface area contributed by atoms with E-state index in [1.54, 1.807) is 17.8 Å². The Morgan fingerprint density at radius 1 is 1.41 bits per heavy atom. The van der Waals surface area contributed by atoms with Gasteiger partial charge in [0.25, 0.3) is 5.56 Å². The smallest absolute Gasteiger partial charge is 0.251 e. The number of anilines is 1. The molecule has 1 aromatic heterocycles. The van der Waals surface area contributed by atoms with Crippen molar-refractivity contribution in [2.75, 3.05) is 12.0 Å². The maximum atomic E-state index is 11.5. The first-order valence-electron chi connectivity index (χ1n) is 5.14. The van der Waals surface area contributed by atoms with Crippen molar-refractivity contribution in [2.45, 2.75) is 5.75 Å². The van der Waals surface area contributed by atoms with E-state index in [0.717, 1.165) is 5.56 Å². The number of benzene rings is 1. The largest absolute Gasteiger partial charge is 0.399 e. The van der Waals surface area contributed by atoms with E-state index in [4.69, 9.17) is 5.73 Å². The second kappa shape index (κ2) is 5.05. The van der Waals surface area contributed by atoms with Crippen molar-refractivity contribution in [3.63, 3.8) is 0 Å². The number of aromatic nitrogens is 2. The van der Waals surface area contributed by atoms with Crippen molar-refractivity contribution in [3.05, 3.63) is 46.5 Å². The first-order valence-corrected chi connectivity index (χ1v) is 6.53. The minimum absolute atomic E-state index is 0.138. The van der Waals surface area contributed by atoms with Gasteiger partial charge in [0, 0.05) is 17.3 Å². The van der Waals surface area contributed by atoms with Gasteiger partial charge >= 0.3 is 0 Å². The third-order valence-electron chi connectivity index (χ3n) is 2.25. The van der Waals surface area contributed by atoms with Gasteiger partial charge in [0.1, 0.15) is 5.82 Å². The summed E-state index contributed by atoms with van der Waals surface area (Å²) in [7, 11) is 0. The highest BCUT2D eigenvalue weighted by atomic mass is 32.2. The molecule has 0 bridgehead atoms. The van der Waals surface area contributed by atoms with Gasteiger partial charge in [0.05, 0.1) is 11.4 Å². The Kier molecular flexibility index (Phi) is 3.49. The molecule has 0 amide bonds. The Hall–Kier alpha value is -1.75. The van der Waals surface area contributed by atoms with Gasteiger partial charge in [-0.15, -0.1) is 0 Å². The summed E-state index contributed by atoms with van der Waals surface area (Å²) in [6.07, 6.45) is 1.97. The van der Waals surface area contributed by atoms with Gasteiger partial charge in [-0.1, -0.05) is 12.1 Å². The molecule has 0 aliphatic rings. The number of rotatable bonds is 3. The molecule has 1 heterocycles. The minimum Gasteiger partial charge on any atom is -0.399 e. The Bertz CT molecular complexity index is 580. The number of aromatic amines is 1. The molecular formula is C12H13N3OS. The third kappa shape index (κ3) is 2.88. The number of hydrogen-bond donors (Lipinski definition) is 2. The highest BCUT2D eigenvalue weighted by Gasteiger charge is 2.03. The predicted octanol–water partition coefficient (Wildman–Crippen LogP) is 1.88. The monoisotopic (exact) mass is 247 g/mol. The van der Waals surface area contributed by atoms with E-state index in [1.807, 2.05) is 24.5 Å². The fraction of sp³-hybridized carbons (Fsp3) is 0.167. The first-order chi connectivity index (χ1) is 8.19. The van der Waals surface area contributed by atoms with Crippen LogP contribution in [0, 0.1) is 0 Å². The number of nitrogens with two attached hydrogens (primary N) is 1. The van der Waals surface area contributed by atoms with Crippen LogP contribution in [0.15, 0.2) is 35.1 Å². The van der Waals surface area contributed by atoms with E-state index in [1.165, 1.54) is 6.07 Å². The molecular weight excluding hydrogens is 234 g/mol. The normalized spacial score (nSPS) is 10.4. The van der Waals surface area contributed by atoms with E-state index in [9.17, 15) is 4.79 Å². The van der Waals surface area contributed by atoms with E-state index >= 15 is 0 Å². The van der Waals surface area contributed by atoms with Crippen LogP contribution >= 0.6 is 11.8 Å². The van der Waals surface area contributed by atoms with Crippen LogP contribution in [0.1, 0.15) is 5.82 Å². The summed E-state index contributed by atoms with van der Waals surface area (Å²) in [5.41, 5.74) is 7.76. The molecule has 0 fully saturated rings. The number of nitrogen functional groups attached to an aromatic ring is 1. The summed E-state index contributed by atoms with van der Waals surface area (Å²) in [5.74, 6) is 1.37. The van der Waals surface area contributed by atoms with Gasteiger partial charge in [0.15, 0.2) is 0 Å². The average molecular weight is 247 g/mol. The number of thioether (sulfide) groups is 1. The number of hydrogen-bond acceptors (Lipinski definition) is 4. The van der Waals surface area contributed by atoms with Crippen molar-refractivity contribution in [1.29, 1.82) is 0 Å². The maximum absolute atomic E-state index is 11.5. The van der Waals surface area contributed by atoms with Gasteiger partial charge < -0.3 is 10.7 Å². The molecule has 3 N–H and O–H groups in total. The van der Waals surface area contributed by atoms with Crippen LogP contribution < -0.4 is 11.3 Å². The van der Waals surface area contributed by atoms with E-state index in [2.05, 4.69) is 9.97 Å². The highest BCUT2D eigenvalue weighted by Crippen LogP contribution is 2.18. The molecule has 0 unspecified atom stereocenters. The molecule has 2 rings (SSSR count). The molecule has 0 saturated carbocycles. The van der Waals surface area contributed by atoms with Crippen molar-refractivity contribution in [3.8, 4) is 11.3 Å². The Morgan fingerprint density at radius 2 is 2.24 bits per heavy atom. The summed E-state index contributed by atoms with van der Waals surface area (Å²) in [4.78, 5) is 18.6. The lowest BCUT2D eigenvalue weighted by atomic mass is 10.1. The zero-order valence-electron chi connectivity index (χ0n) is 9.43. The molecule has 0 radical (unpaired) electrons. The molecule has 1 aromatic carbocycles. The average Bonchev–Trinajstić information content (AvgIpc) is 2.28. The fourth-order valence-corrected chi connectivity index (χ4v) is 1.97. The molecule has 0 saturated heterocycles. The first kappa shape index (κ1) is 11.7. The zero-order valence-corrected chi connectivity index (χ0v) is 10.3. The summed E-state index contributed by atoms with van der Waals surface area (Å²) in [6.45, 7) is 0. The molecule has 2 aromatic rings. The standard InChI is InChI=1S/C12H13N3OS/c1-17-7-11-14-10(6-12(16)15-11)8-3-2-4-9(13)5-8/h2-6H,7,13H2,1H3,(H,14,15,16). The maximum Gasteiger partial charge on any atom is 0.251 e. The van der Waals surface area contributed by atoms with Crippen LogP contribution in [-0.2, 0) is 5.75 Å². The summed E-state index contributed by atoms with van der Waals surface area (Å²) < 4.78 is 0. The van der Waals surface area contributed by atoms with Crippen LogP contribution in [0.3, 0.4) is 0 Å². The summed E-state index contributed by atoms with van der Waals surface area (Å²) in [5, 5.41) is 0. The second-order valence-electron chi connectivity index (χ2n) is 3.64. The van der Waals surface area contributed by atoms with Crippen molar-refractivity contribution >= 4 is 17.4 Å². The van der Waals surface area contributed by atoms with Gasteiger partial charge in [-0.2, -0.15) is 11.8 Å². The second-order valence-corrected chi connectivity index (χ2v) is 4.50.